The zero-order valence-corrected chi connectivity index (χ0v) is 8.42. The molecule has 0 bridgehead atoms. The molecule has 2 aliphatic rings. The first-order chi connectivity index (χ1) is 7.90. The Labute approximate surface area is 92.1 Å². The molecule has 3 rings (SSSR count). The van der Waals surface area contributed by atoms with Gasteiger partial charge in [-0.05, 0) is 5.39 Å². The number of hydrogen-bond donors (Lipinski definition) is 0. The van der Waals surface area contributed by atoms with Gasteiger partial charge in [-0.15, -0.1) is 0 Å². The van der Waals surface area contributed by atoms with Crippen molar-refractivity contribution in [2.45, 2.75) is 0 Å². The second kappa shape index (κ2) is 3.38. The Kier molecular flexibility index (Phi) is 1.90. The summed E-state index contributed by atoms with van der Waals surface area (Å²) in [4.78, 5) is 19.1. The van der Waals surface area contributed by atoms with Crippen molar-refractivity contribution in [2.24, 2.45) is 0 Å². The van der Waals surface area contributed by atoms with Gasteiger partial charge >= 0.3 is 0 Å². The zero-order valence-electron chi connectivity index (χ0n) is 8.42. The SMILES string of the molecule is O=Cc1ncc2c3ccccc3cncc1-2. The Morgan fingerprint density at radius 3 is 2.75 bits per heavy atom. The van der Waals surface area contributed by atoms with Gasteiger partial charge in [0.1, 0.15) is 5.69 Å². The summed E-state index contributed by atoms with van der Waals surface area (Å²) in [5.41, 5.74) is 2.22. The average molecular weight is 208 g/mol. The topological polar surface area (TPSA) is 42.9 Å². The Morgan fingerprint density at radius 1 is 1.00 bits per heavy atom. The highest BCUT2D eigenvalue weighted by atomic mass is 16.1. The average Bonchev–Trinajstić information content (AvgIpc) is 2.64. The molecule has 0 saturated heterocycles. The number of carbonyl (C=O) groups excluding carboxylic acids is 1. The second-order valence-electron chi connectivity index (χ2n) is 3.58. The molecule has 3 nitrogen and oxygen atoms in total. The lowest BCUT2D eigenvalue weighted by molar-refractivity contribution is 0.112. The summed E-state index contributed by atoms with van der Waals surface area (Å²) in [6.45, 7) is 0. The summed E-state index contributed by atoms with van der Waals surface area (Å²) in [5, 5.41) is 2.11. The fourth-order valence-electron chi connectivity index (χ4n) is 1.90. The fourth-order valence-corrected chi connectivity index (χ4v) is 1.90. The third kappa shape index (κ3) is 1.18. The quantitative estimate of drug-likeness (QED) is 0.577. The minimum atomic E-state index is 0.448. The zero-order chi connectivity index (χ0) is 11.0. The van der Waals surface area contributed by atoms with Crippen molar-refractivity contribution in [1.82, 2.24) is 9.97 Å². The van der Waals surface area contributed by atoms with E-state index in [9.17, 15) is 4.79 Å². The van der Waals surface area contributed by atoms with Crippen molar-refractivity contribution in [3.63, 3.8) is 0 Å². The van der Waals surface area contributed by atoms with Crippen molar-refractivity contribution in [3.05, 3.63) is 48.5 Å². The van der Waals surface area contributed by atoms with Crippen molar-refractivity contribution in [1.29, 1.82) is 0 Å². The summed E-state index contributed by atoms with van der Waals surface area (Å²) in [6.07, 6.45) is 5.97. The van der Waals surface area contributed by atoms with Crippen LogP contribution in [0.25, 0.3) is 21.9 Å². The largest absolute Gasteiger partial charge is 0.296 e. The van der Waals surface area contributed by atoms with E-state index in [1.54, 1.807) is 18.6 Å². The minimum absolute atomic E-state index is 0.448. The van der Waals surface area contributed by atoms with Crippen LogP contribution in [0.15, 0.2) is 42.9 Å². The van der Waals surface area contributed by atoms with Crippen LogP contribution < -0.4 is 0 Å². The van der Waals surface area contributed by atoms with Crippen LogP contribution in [-0.4, -0.2) is 16.3 Å². The molecule has 0 spiro atoms. The van der Waals surface area contributed by atoms with E-state index < -0.39 is 0 Å². The van der Waals surface area contributed by atoms with E-state index in [0.717, 1.165) is 28.2 Å². The summed E-state index contributed by atoms with van der Waals surface area (Å²) < 4.78 is 0. The van der Waals surface area contributed by atoms with Crippen LogP contribution in [0.2, 0.25) is 0 Å². The number of benzene rings is 1. The van der Waals surface area contributed by atoms with E-state index in [2.05, 4.69) is 9.97 Å². The molecule has 0 amide bonds. The van der Waals surface area contributed by atoms with E-state index in [0.29, 0.717) is 5.69 Å². The molecule has 0 atom stereocenters. The van der Waals surface area contributed by atoms with Crippen LogP contribution in [0.5, 0.6) is 0 Å². The van der Waals surface area contributed by atoms with Crippen molar-refractivity contribution < 1.29 is 4.79 Å². The molecule has 16 heavy (non-hydrogen) atoms. The highest BCUT2D eigenvalue weighted by Gasteiger charge is 2.12. The van der Waals surface area contributed by atoms with Crippen LogP contribution in [0, 0.1) is 0 Å². The monoisotopic (exact) mass is 208 g/mol. The lowest BCUT2D eigenvalue weighted by Crippen LogP contribution is -1.80. The van der Waals surface area contributed by atoms with E-state index in [-0.39, 0.29) is 0 Å². The molecular formula is C13H8N2O. The maximum absolute atomic E-state index is 10.8. The molecule has 0 N–H and O–H groups in total. The molecule has 0 aliphatic carbocycles. The first-order valence-electron chi connectivity index (χ1n) is 4.97. The Bertz CT molecular complexity index is 649. The predicted octanol–water partition coefficient (Wildman–Crippen LogP) is 2.55. The Morgan fingerprint density at radius 2 is 1.88 bits per heavy atom. The predicted molar refractivity (Wildman–Crippen MR) is 61.5 cm³/mol. The lowest BCUT2D eigenvalue weighted by atomic mass is 10.1. The first kappa shape index (κ1) is 8.97. The summed E-state index contributed by atoms with van der Waals surface area (Å²) in [7, 11) is 0. The molecule has 1 aromatic rings. The van der Waals surface area contributed by atoms with Gasteiger partial charge in [0.05, 0.1) is 0 Å². The molecule has 3 heteroatoms. The van der Waals surface area contributed by atoms with Crippen LogP contribution in [0.3, 0.4) is 0 Å². The number of fused-ring (bicyclic) bond motifs is 3. The van der Waals surface area contributed by atoms with Crippen LogP contribution >= 0.6 is 0 Å². The van der Waals surface area contributed by atoms with Gasteiger partial charge in [-0.2, -0.15) is 0 Å². The van der Waals surface area contributed by atoms with E-state index in [4.69, 9.17) is 0 Å². The molecule has 0 unspecified atom stereocenters. The molecule has 0 aromatic heterocycles. The number of aldehydes is 1. The van der Waals surface area contributed by atoms with Gasteiger partial charge in [0, 0.05) is 35.1 Å². The van der Waals surface area contributed by atoms with Gasteiger partial charge in [-0.25, -0.2) is 0 Å². The lowest BCUT2D eigenvalue weighted by Gasteiger charge is -1.95. The third-order valence-electron chi connectivity index (χ3n) is 2.68. The highest BCUT2D eigenvalue weighted by Crippen LogP contribution is 2.29. The normalized spacial score (nSPS) is 10.8. The summed E-state index contributed by atoms with van der Waals surface area (Å²) in [6, 6.07) is 7.94. The number of carbonyl (C=O) groups is 1. The number of nitrogens with zero attached hydrogens (tertiary/aromatic N) is 2. The number of hydrogen-bond acceptors (Lipinski definition) is 3. The molecule has 76 valence electrons. The van der Waals surface area contributed by atoms with Crippen LogP contribution in [-0.2, 0) is 0 Å². The smallest absolute Gasteiger partial charge is 0.169 e. The number of aromatic nitrogens is 2. The molecule has 0 saturated carbocycles. The second-order valence-corrected chi connectivity index (χ2v) is 3.58. The fraction of sp³-hybridized carbons (Fsp3) is 0. The van der Waals surface area contributed by atoms with Gasteiger partial charge in [0.15, 0.2) is 6.29 Å². The number of rotatable bonds is 1. The minimum Gasteiger partial charge on any atom is -0.296 e. The molecular weight excluding hydrogens is 200 g/mol. The highest BCUT2D eigenvalue weighted by molar-refractivity contribution is 6.00. The van der Waals surface area contributed by atoms with Gasteiger partial charge in [-0.1, -0.05) is 24.3 Å². The third-order valence-corrected chi connectivity index (χ3v) is 2.68. The maximum atomic E-state index is 10.8. The van der Waals surface area contributed by atoms with Gasteiger partial charge in [0.25, 0.3) is 0 Å². The Hall–Kier alpha value is -2.29. The van der Waals surface area contributed by atoms with Crippen molar-refractivity contribution in [2.75, 3.05) is 0 Å². The molecule has 2 heterocycles. The maximum Gasteiger partial charge on any atom is 0.169 e. The van der Waals surface area contributed by atoms with E-state index in [1.165, 1.54) is 0 Å². The van der Waals surface area contributed by atoms with E-state index >= 15 is 0 Å². The Balaban J connectivity index is 2.48. The van der Waals surface area contributed by atoms with Crippen LogP contribution in [0.4, 0.5) is 0 Å². The van der Waals surface area contributed by atoms with Gasteiger partial charge in [-0.3, -0.25) is 14.8 Å². The molecule has 0 radical (unpaired) electrons. The van der Waals surface area contributed by atoms with Crippen molar-refractivity contribution in [3.8, 4) is 11.1 Å². The molecule has 1 aromatic carbocycles. The van der Waals surface area contributed by atoms with Gasteiger partial charge < -0.3 is 0 Å². The molecule has 2 aliphatic heterocycles. The molecule has 0 fully saturated rings. The van der Waals surface area contributed by atoms with Crippen molar-refractivity contribution >= 4 is 17.1 Å². The summed E-state index contributed by atoms with van der Waals surface area (Å²) >= 11 is 0. The van der Waals surface area contributed by atoms with E-state index in [1.807, 2.05) is 24.3 Å². The van der Waals surface area contributed by atoms with Gasteiger partial charge in [0.2, 0.25) is 0 Å². The van der Waals surface area contributed by atoms with Crippen LogP contribution in [0.1, 0.15) is 10.5 Å². The first-order valence-corrected chi connectivity index (χ1v) is 4.97. The standard InChI is InChI=1S/C13H8N2O/c16-8-13-12-6-14-5-9-3-1-2-4-10(9)11(12)7-15-13/h1-8H. The summed E-state index contributed by atoms with van der Waals surface area (Å²) in [5.74, 6) is 0.